The van der Waals surface area contributed by atoms with Crippen molar-refractivity contribution in [3.63, 3.8) is 0 Å². The fourth-order valence-electron chi connectivity index (χ4n) is 2.92. The molecular weight excluding hydrogens is 321 g/mol. The minimum absolute atomic E-state index is 0.0489. The average Bonchev–Trinajstić information content (AvgIpc) is 2.97. The van der Waals surface area contributed by atoms with E-state index in [0.29, 0.717) is 25.1 Å². The molecule has 0 aromatic heterocycles. The fourth-order valence-corrected chi connectivity index (χ4v) is 2.92. The number of anilines is 2. The van der Waals surface area contributed by atoms with Gasteiger partial charge < -0.3 is 15.5 Å². The molecule has 1 heterocycles. The van der Waals surface area contributed by atoms with Gasteiger partial charge in [-0.15, -0.1) is 0 Å². The molecule has 0 spiro atoms. The minimum atomic E-state index is -0.393. The minimum Gasteiger partial charge on any atom is -0.374 e. The van der Waals surface area contributed by atoms with E-state index in [4.69, 9.17) is 0 Å². The molecule has 0 aliphatic carbocycles. The molecule has 2 amide bonds. The molecular formula is C19H20FN3O2. The molecule has 5 nitrogen and oxygen atoms in total. The lowest BCUT2D eigenvalue weighted by atomic mass is 10.1. The van der Waals surface area contributed by atoms with Gasteiger partial charge in [-0.2, -0.15) is 0 Å². The summed E-state index contributed by atoms with van der Waals surface area (Å²) in [7, 11) is 1.60. The molecule has 25 heavy (non-hydrogen) atoms. The van der Waals surface area contributed by atoms with Gasteiger partial charge in [0.25, 0.3) is 0 Å². The first-order valence-corrected chi connectivity index (χ1v) is 8.20. The summed E-state index contributed by atoms with van der Waals surface area (Å²) in [6.07, 6.45) is 0.924. The first-order valence-electron chi connectivity index (χ1n) is 8.20. The van der Waals surface area contributed by atoms with Crippen molar-refractivity contribution < 1.29 is 14.0 Å². The maximum atomic E-state index is 13.9. The molecule has 0 saturated carbocycles. The second-order valence-electron chi connectivity index (χ2n) is 5.97. The number of carbonyl (C=O) groups is 2. The Labute approximate surface area is 145 Å². The molecule has 1 unspecified atom stereocenters. The van der Waals surface area contributed by atoms with Gasteiger partial charge in [-0.25, -0.2) is 4.39 Å². The highest BCUT2D eigenvalue weighted by Crippen LogP contribution is 2.26. The number of hydrogen-bond acceptors (Lipinski definition) is 3. The molecule has 2 aromatic rings. The quantitative estimate of drug-likeness (QED) is 0.877. The van der Waals surface area contributed by atoms with Crippen LogP contribution in [0.2, 0.25) is 0 Å². The van der Waals surface area contributed by atoms with Crippen LogP contribution in [-0.4, -0.2) is 31.4 Å². The Morgan fingerprint density at radius 3 is 2.60 bits per heavy atom. The molecule has 1 aliphatic rings. The van der Waals surface area contributed by atoms with E-state index in [1.165, 1.54) is 11.0 Å². The maximum Gasteiger partial charge on any atom is 0.249 e. The molecule has 2 N–H and O–H groups in total. The van der Waals surface area contributed by atoms with Crippen molar-refractivity contribution in [3.8, 4) is 0 Å². The van der Waals surface area contributed by atoms with E-state index in [2.05, 4.69) is 10.6 Å². The van der Waals surface area contributed by atoms with Gasteiger partial charge >= 0.3 is 0 Å². The SMILES string of the molecule is CNC(=O)Cc1ccc(NC2CCN(c3ccccc3F)C2=O)cc1. The Morgan fingerprint density at radius 2 is 1.92 bits per heavy atom. The van der Waals surface area contributed by atoms with Crippen molar-refractivity contribution >= 4 is 23.2 Å². The van der Waals surface area contributed by atoms with Crippen LogP contribution in [0.4, 0.5) is 15.8 Å². The highest BCUT2D eigenvalue weighted by Gasteiger charge is 2.33. The lowest BCUT2D eigenvalue weighted by molar-refractivity contribution is -0.120. The summed E-state index contributed by atoms with van der Waals surface area (Å²) in [6, 6.07) is 13.3. The van der Waals surface area contributed by atoms with Gasteiger partial charge in [-0.3, -0.25) is 9.59 Å². The normalized spacial score (nSPS) is 16.8. The van der Waals surface area contributed by atoms with E-state index in [-0.39, 0.29) is 17.9 Å². The number of benzene rings is 2. The van der Waals surface area contributed by atoms with E-state index >= 15 is 0 Å². The summed E-state index contributed by atoms with van der Waals surface area (Å²) < 4.78 is 13.9. The molecule has 1 saturated heterocycles. The third kappa shape index (κ3) is 3.79. The Morgan fingerprint density at radius 1 is 1.20 bits per heavy atom. The molecule has 130 valence electrons. The highest BCUT2D eigenvalue weighted by atomic mass is 19.1. The van der Waals surface area contributed by atoms with Gasteiger partial charge in [0.15, 0.2) is 0 Å². The molecule has 2 aromatic carbocycles. The number of carbonyl (C=O) groups excluding carboxylic acids is 2. The number of halogens is 1. The Kier molecular flexibility index (Phi) is 4.97. The van der Waals surface area contributed by atoms with E-state index in [0.717, 1.165) is 11.3 Å². The largest absolute Gasteiger partial charge is 0.374 e. The van der Waals surface area contributed by atoms with Crippen molar-refractivity contribution in [1.82, 2.24) is 5.32 Å². The average molecular weight is 341 g/mol. The maximum absolute atomic E-state index is 13.9. The van der Waals surface area contributed by atoms with E-state index in [1.807, 2.05) is 24.3 Å². The summed E-state index contributed by atoms with van der Waals surface area (Å²) >= 11 is 0. The Hall–Kier alpha value is -2.89. The third-order valence-electron chi connectivity index (χ3n) is 4.29. The van der Waals surface area contributed by atoms with Crippen molar-refractivity contribution in [2.24, 2.45) is 0 Å². The second-order valence-corrected chi connectivity index (χ2v) is 5.97. The van der Waals surface area contributed by atoms with Crippen molar-refractivity contribution in [1.29, 1.82) is 0 Å². The molecule has 0 radical (unpaired) electrons. The highest BCUT2D eigenvalue weighted by molar-refractivity contribution is 6.01. The van der Waals surface area contributed by atoms with E-state index in [9.17, 15) is 14.0 Å². The first-order chi connectivity index (χ1) is 12.1. The molecule has 6 heteroatoms. The summed E-state index contributed by atoms with van der Waals surface area (Å²) in [5.41, 5.74) is 2.02. The predicted octanol–water partition coefficient (Wildman–Crippen LogP) is 2.33. The lowest BCUT2D eigenvalue weighted by Gasteiger charge is -2.18. The molecule has 1 atom stereocenters. The van der Waals surface area contributed by atoms with Crippen LogP contribution in [0.1, 0.15) is 12.0 Å². The van der Waals surface area contributed by atoms with Crippen molar-refractivity contribution in [3.05, 3.63) is 59.9 Å². The van der Waals surface area contributed by atoms with Gasteiger partial charge in [-0.1, -0.05) is 24.3 Å². The van der Waals surface area contributed by atoms with E-state index < -0.39 is 5.82 Å². The molecule has 0 bridgehead atoms. The molecule has 1 fully saturated rings. The molecule has 3 rings (SSSR count). The third-order valence-corrected chi connectivity index (χ3v) is 4.29. The van der Waals surface area contributed by atoms with Gasteiger partial charge in [0, 0.05) is 19.3 Å². The number of amides is 2. The number of likely N-dealkylation sites (N-methyl/N-ethyl adjacent to an activating group) is 1. The van der Waals surface area contributed by atoms with Crippen LogP contribution < -0.4 is 15.5 Å². The summed E-state index contributed by atoms with van der Waals surface area (Å²) in [5.74, 6) is -0.582. The van der Waals surface area contributed by atoms with Crippen LogP contribution in [-0.2, 0) is 16.0 Å². The van der Waals surface area contributed by atoms with Gasteiger partial charge in [-0.05, 0) is 36.2 Å². The smallest absolute Gasteiger partial charge is 0.249 e. The summed E-state index contributed by atoms with van der Waals surface area (Å²) in [5, 5.41) is 5.77. The number of nitrogens with zero attached hydrogens (tertiary/aromatic N) is 1. The van der Waals surface area contributed by atoms with Crippen LogP contribution in [0.15, 0.2) is 48.5 Å². The zero-order chi connectivity index (χ0) is 17.8. The van der Waals surface area contributed by atoms with Crippen LogP contribution in [0.25, 0.3) is 0 Å². The fraction of sp³-hybridized carbons (Fsp3) is 0.263. The topological polar surface area (TPSA) is 61.4 Å². The second kappa shape index (κ2) is 7.34. The summed E-state index contributed by atoms with van der Waals surface area (Å²) in [6.45, 7) is 0.478. The zero-order valence-electron chi connectivity index (χ0n) is 14.0. The number of hydrogen-bond donors (Lipinski definition) is 2. The van der Waals surface area contributed by atoms with Gasteiger partial charge in [0.1, 0.15) is 11.9 Å². The lowest BCUT2D eigenvalue weighted by Crippen LogP contribution is -2.33. The first kappa shape index (κ1) is 17.0. The molecule has 1 aliphatic heterocycles. The standard InChI is InChI=1S/C19H20FN3O2/c1-21-18(24)12-13-6-8-14(9-7-13)22-16-10-11-23(19(16)25)17-5-3-2-4-15(17)20/h2-9,16,22H,10-12H2,1H3,(H,21,24). The van der Waals surface area contributed by atoms with Crippen LogP contribution in [0.5, 0.6) is 0 Å². The predicted molar refractivity (Wildman–Crippen MR) is 95.0 cm³/mol. The summed E-state index contributed by atoms with van der Waals surface area (Å²) in [4.78, 5) is 25.4. The number of rotatable bonds is 5. The van der Waals surface area contributed by atoms with Gasteiger partial charge in [0.2, 0.25) is 11.8 Å². The van der Waals surface area contributed by atoms with Gasteiger partial charge in [0.05, 0.1) is 12.1 Å². The van der Waals surface area contributed by atoms with Crippen molar-refractivity contribution in [2.75, 3.05) is 23.8 Å². The van der Waals surface area contributed by atoms with Crippen LogP contribution in [0, 0.1) is 5.82 Å². The monoisotopic (exact) mass is 341 g/mol. The Bertz CT molecular complexity index is 776. The van der Waals surface area contributed by atoms with E-state index in [1.54, 1.807) is 25.2 Å². The zero-order valence-corrected chi connectivity index (χ0v) is 14.0. The van der Waals surface area contributed by atoms with Crippen LogP contribution >= 0.6 is 0 Å². The number of nitrogens with one attached hydrogen (secondary N) is 2. The van der Waals surface area contributed by atoms with Crippen molar-refractivity contribution in [2.45, 2.75) is 18.9 Å². The Balaban J connectivity index is 1.65. The number of para-hydroxylation sites is 1. The van der Waals surface area contributed by atoms with Crippen LogP contribution in [0.3, 0.4) is 0 Å².